The quantitative estimate of drug-likeness (QED) is 0.832. The van der Waals surface area contributed by atoms with Gasteiger partial charge in [-0.25, -0.2) is 4.98 Å². The van der Waals surface area contributed by atoms with E-state index in [0.29, 0.717) is 30.0 Å². The molecule has 1 fully saturated rings. The van der Waals surface area contributed by atoms with Crippen molar-refractivity contribution in [3.63, 3.8) is 0 Å². The number of carbonyl (C=O) groups is 1. The van der Waals surface area contributed by atoms with E-state index in [1.54, 1.807) is 38.6 Å². The third-order valence-corrected chi connectivity index (χ3v) is 4.91. The maximum Gasteiger partial charge on any atom is 0.251 e. The number of ether oxygens (including phenoxy) is 2. The van der Waals surface area contributed by atoms with E-state index in [2.05, 4.69) is 10.3 Å². The van der Waals surface area contributed by atoms with Crippen molar-refractivity contribution in [1.82, 2.24) is 10.3 Å². The van der Waals surface area contributed by atoms with Crippen LogP contribution in [0.2, 0.25) is 0 Å². The number of hydrogen-bond acceptors (Lipinski definition) is 5. The van der Waals surface area contributed by atoms with E-state index in [4.69, 9.17) is 9.47 Å². The Balaban J connectivity index is 1.82. The van der Waals surface area contributed by atoms with Gasteiger partial charge in [-0.1, -0.05) is 12.1 Å². The summed E-state index contributed by atoms with van der Waals surface area (Å²) in [6.45, 7) is 1.93. The van der Waals surface area contributed by atoms with Crippen molar-refractivity contribution in [3.05, 3.63) is 53.2 Å². The molecule has 6 heteroatoms. The van der Waals surface area contributed by atoms with E-state index in [9.17, 15) is 9.90 Å². The Labute approximate surface area is 153 Å². The number of aromatic nitrogens is 1. The summed E-state index contributed by atoms with van der Waals surface area (Å²) >= 11 is 0. The fraction of sp³-hybridized carbons (Fsp3) is 0.400. The third-order valence-electron chi connectivity index (χ3n) is 4.91. The number of aliphatic hydroxyl groups is 1. The van der Waals surface area contributed by atoms with Crippen molar-refractivity contribution < 1.29 is 19.4 Å². The number of pyridine rings is 1. The molecule has 2 aromatic rings. The van der Waals surface area contributed by atoms with Crippen LogP contribution in [0.1, 0.15) is 40.4 Å². The summed E-state index contributed by atoms with van der Waals surface area (Å²) in [5.41, 5.74) is 2.41. The molecular weight excluding hydrogens is 332 g/mol. The average Bonchev–Trinajstić information content (AvgIpc) is 2.64. The molecule has 0 bridgehead atoms. The van der Waals surface area contributed by atoms with Crippen LogP contribution in [0.3, 0.4) is 0 Å². The molecule has 0 spiro atoms. The molecule has 1 aromatic heterocycles. The Morgan fingerprint density at radius 3 is 2.58 bits per heavy atom. The number of carbonyl (C=O) groups excluding carboxylic acids is 1. The second kappa shape index (κ2) is 7.74. The van der Waals surface area contributed by atoms with E-state index in [1.165, 1.54) is 0 Å². The molecule has 0 aliphatic heterocycles. The SMILES string of the molecule is COc1ccc([C@@H](NC(=O)c2ccc(C)c(OC)c2)C2CC(O)C2)cn1. The second-order valence-corrected chi connectivity index (χ2v) is 6.65. The number of hydrogen-bond donors (Lipinski definition) is 2. The Bertz CT molecular complexity index is 770. The number of aryl methyl sites for hydroxylation is 1. The highest BCUT2D eigenvalue weighted by Gasteiger charge is 2.36. The highest BCUT2D eigenvalue weighted by Crippen LogP contribution is 2.38. The molecule has 1 aromatic carbocycles. The molecule has 0 radical (unpaired) electrons. The lowest BCUT2D eigenvalue weighted by atomic mass is 9.75. The smallest absolute Gasteiger partial charge is 0.251 e. The van der Waals surface area contributed by atoms with Gasteiger partial charge in [0.25, 0.3) is 5.91 Å². The Morgan fingerprint density at radius 2 is 2.00 bits per heavy atom. The number of amides is 1. The van der Waals surface area contributed by atoms with Crippen LogP contribution in [-0.2, 0) is 0 Å². The van der Waals surface area contributed by atoms with Gasteiger partial charge in [0.05, 0.1) is 26.4 Å². The van der Waals surface area contributed by atoms with E-state index in [0.717, 1.165) is 11.1 Å². The minimum absolute atomic E-state index is 0.175. The highest BCUT2D eigenvalue weighted by molar-refractivity contribution is 5.95. The fourth-order valence-corrected chi connectivity index (χ4v) is 3.26. The van der Waals surface area contributed by atoms with E-state index in [-0.39, 0.29) is 24.0 Å². The lowest BCUT2D eigenvalue weighted by Crippen LogP contribution is -2.41. The summed E-state index contributed by atoms with van der Waals surface area (Å²) < 4.78 is 10.4. The summed E-state index contributed by atoms with van der Waals surface area (Å²) in [4.78, 5) is 17.0. The van der Waals surface area contributed by atoms with Gasteiger partial charge in [0, 0.05) is 17.8 Å². The monoisotopic (exact) mass is 356 g/mol. The maximum absolute atomic E-state index is 12.8. The number of nitrogens with zero attached hydrogens (tertiary/aromatic N) is 1. The first-order chi connectivity index (χ1) is 12.5. The van der Waals surface area contributed by atoms with Gasteiger partial charge in [-0.15, -0.1) is 0 Å². The van der Waals surface area contributed by atoms with Crippen LogP contribution >= 0.6 is 0 Å². The molecule has 0 saturated heterocycles. The number of methoxy groups -OCH3 is 2. The van der Waals surface area contributed by atoms with Crippen LogP contribution in [0.25, 0.3) is 0 Å². The first-order valence-electron chi connectivity index (χ1n) is 8.65. The van der Waals surface area contributed by atoms with Crippen LogP contribution < -0.4 is 14.8 Å². The van der Waals surface area contributed by atoms with Crippen LogP contribution in [0.15, 0.2) is 36.5 Å². The minimum atomic E-state index is -0.301. The van der Waals surface area contributed by atoms with Gasteiger partial charge >= 0.3 is 0 Å². The summed E-state index contributed by atoms with van der Waals surface area (Å²) in [5.74, 6) is 1.21. The molecule has 138 valence electrons. The van der Waals surface area contributed by atoms with Gasteiger partial charge in [-0.2, -0.15) is 0 Å². The summed E-state index contributed by atoms with van der Waals surface area (Å²) in [6.07, 6.45) is 2.73. The number of benzene rings is 1. The minimum Gasteiger partial charge on any atom is -0.496 e. The molecule has 6 nitrogen and oxygen atoms in total. The normalized spacial score (nSPS) is 20.0. The molecule has 3 rings (SSSR count). The summed E-state index contributed by atoms with van der Waals surface area (Å²) in [7, 11) is 3.15. The predicted octanol–water partition coefficient (Wildman–Crippen LogP) is 2.65. The van der Waals surface area contributed by atoms with Crippen LogP contribution in [0.5, 0.6) is 11.6 Å². The van der Waals surface area contributed by atoms with Crippen LogP contribution in [0, 0.1) is 12.8 Å². The van der Waals surface area contributed by atoms with Crippen molar-refractivity contribution in [2.75, 3.05) is 14.2 Å². The zero-order valence-corrected chi connectivity index (χ0v) is 15.2. The van der Waals surface area contributed by atoms with Crippen molar-refractivity contribution in [3.8, 4) is 11.6 Å². The van der Waals surface area contributed by atoms with Gasteiger partial charge in [0.15, 0.2) is 0 Å². The molecule has 1 saturated carbocycles. The molecule has 1 amide bonds. The van der Waals surface area contributed by atoms with Gasteiger partial charge in [0.2, 0.25) is 5.88 Å². The van der Waals surface area contributed by atoms with Gasteiger partial charge in [-0.05, 0) is 48.9 Å². The van der Waals surface area contributed by atoms with Crippen LogP contribution in [-0.4, -0.2) is 36.3 Å². The molecule has 1 atom stereocenters. The Hall–Kier alpha value is -2.60. The predicted molar refractivity (Wildman–Crippen MR) is 97.5 cm³/mol. The number of aliphatic hydroxyl groups excluding tert-OH is 1. The van der Waals surface area contributed by atoms with Crippen LogP contribution in [0.4, 0.5) is 0 Å². The third kappa shape index (κ3) is 3.80. The average molecular weight is 356 g/mol. The molecule has 1 heterocycles. The Morgan fingerprint density at radius 1 is 1.23 bits per heavy atom. The maximum atomic E-state index is 12.8. The molecular formula is C20H24N2O4. The fourth-order valence-electron chi connectivity index (χ4n) is 3.26. The summed E-state index contributed by atoms with van der Waals surface area (Å²) in [6, 6.07) is 8.85. The molecule has 26 heavy (non-hydrogen) atoms. The highest BCUT2D eigenvalue weighted by atomic mass is 16.5. The van der Waals surface area contributed by atoms with E-state index >= 15 is 0 Å². The molecule has 1 aliphatic rings. The first kappa shape index (κ1) is 18.2. The van der Waals surface area contributed by atoms with E-state index < -0.39 is 0 Å². The standard InChI is InChI=1S/C20H24N2O4/c1-12-4-5-13(10-17(12)25-2)20(24)22-19(15-8-16(23)9-15)14-6-7-18(26-3)21-11-14/h4-7,10-11,15-16,19,23H,8-9H2,1-3H3,(H,22,24)/t15?,16?,19-/m1/s1. The van der Waals surface area contributed by atoms with Crippen molar-refractivity contribution in [1.29, 1.82) is 0 Å². The lowest BCUT2D eigenvalue weighted by Gasteiger charge is -2.38. The molecule has 1 aliphatic carbocycles. The first-order valence-corrected chi connectivity index (χ1v) is 8.65. The molecule has 2 N–H and O–H groups in total. The Kier molecular flexibility index (Phi) is 5.42. The van der Waals surface area contributed by atoms with Gasteiger partial charge in [-0.3, -0.25) is 4.79 Å². The zero-order chi connectivity index (χ0) is 18.7. The van der Waals surface area contributed by atoms with Crippen molar-refractivity contribution in [2.24, 2.45) is 5.92 Å². The van der Waals surface area contributed by atoms with Crippen molar-refractivity contribution >= 4 is 5.91 Å². The topological polar surface area (TPSA) is 80.7 Å². The summed E-state index contributed by atoms with van der Waals surface area (Å²) in [5, 5.41) is 12.8. The largest absolute Gasteiger partial charge is 0.496 e. The lowest BCUT2D eigenvalue weighted by molar-refractivity contribution is 0.0234. The zero-order valence-electron chi connectivity index (χ0n) is 15.2. The molecule has 0 unspecified atom stereocenters. The van der Waals surface area contributed by atoms with E-state index in [1.807, 2.05) is 19.1 Å². The van der Waals surface area contributed by atoms with Gasteiger partial charge < -0.3 is 19.9 Å². The number of nitrogens with one attached hydrogen (secondary N) is 1. The second-order valence-electron chi connectivity index (χ2n) is 6.65. The number of rotatable bonds is 6. The van der Waals surface area contributed by atoms with Crippen molar-refractivity contribution in [2.45, 2.75) is 31.9 Å². The van der Waals surface area contributed by atoms with Gasteiger partial charge in [0.1, 0.15) is 5.75 Å².